The van der Waals surface area contributed by atoms with Crippen molar-refractivity contribution >= 4 is 55.0 Å². The van der Waals surface area contributed by atoms with Crippen LogP contribution in [-0.2, 0) is 24.4 Å². The maximum atomic E-state index is 14.5. The van der Waals surface area contributed by atoms with Crippen molar-refractivity contribution in [2.75, 3.05) is 19.0 Å². The van der Waals surface area contributed by atoms with Crippen molar-refractivity contribution in [2.24, 2.45) is 5.92 Å². The van der Waals surface area contributed by atoms with Crippen LogP contribution >= 0.6 is 11.3 Å². The maximum Gasteiger partial charge on any atom is 0.274 e. The average Bonchev–Trinajstić information content (AvgIpc) is 3.98. The number of nitrogens with one attached hydrogen (secondary N) is 3. The number of hydrogen-bond acceptors (Lipinski definition) is 10. The molecule has 2 aliphatic carbocycles. The average molecular weight is 708 g/mol. The number of aromatic nitrogens is 1. The van der Waals surface area contributed by atoms with Gasteiger partial charge in [0.1, 0.15) is 29.5 Å². The number of rotatable bonds is 8. The van der Waals surface area contributed by atoms with Gasteiger partial charge < -0.3 is 25.0 Å². The Bertz CT molecular complexity index is 1840. The third-order valence-corrected chi connectivity index (χ3v) is 12.5. The molecule has 2 saturated carbocycles. The molecule has 0 spiro atoms. The number of amides is 3. The number of sulfonamides is 1. The molecule has 3 amide bonds. The van der Waals surface area contributed by atoms with Crippen molar-refractivity contribution in [1.82, 2.24) is 19.9 Å². The summed E-state index contributed by atoms with van der Waals surface area (Å²) >= 11 is 1.40. The fraction of sp³-hybridized carbons (Fsp3) is 0.486. The largest absolute Gasteiger partial charge is 0.497 e. The number of methoxy groups -OCH3 is 1. The first-order chi connectivity index (χ1) is 23.6. The molecular weight excluding hydrogens is 667 g/mol. The molecule has 4 aliphatic rings. The van der Waals surface area contributed by atoms with Crippen molar-refractivity contribution in [3.8, 4) is 10.9 Å². The van der Waals surface area contributed by atoms with Gasteiger partial charge in [-0.3, -0.25) is 19.1 Å². The number of ether oxygens (including phenoxy) is 2. The van der Waals surface area contributed by atoms with E-state index in [2.05, 4.69) is 20.3 Å². The number of benzene rings is 2. The number of para-hydroxylation sites is 1. The van der Waals surface area contributed by atoms with Crippen molar-refractivity contribution < 1.29 is 32.3 Å². The van der Waals surface area contributed by atoms with Gasteiger partial charge in [0.2, 0.25) is 21.8 Å². The summed E-state index contributed by atoms with van der Waals surface area (Å²) < 4.78 is 40.5. The number of hydrogen-bond donors (Lipinski definition) is 3. The van der Waals surface area contributed by atoms with E-state index < -0.39 is 50.8 Å². The Hall–Kier alpha value is -4.17. The van der Waals surface area contributed by atoms with E-state index in [-0.39, 0.29) is 31.2 Å². The molecular formula is C35H41N5O7S2. The first kappa shape index (κ1) is 33.3. The minimum atomic E-state index is -3.84. The molecule has 5 atom stereocenters. The Kier molecular flexibility index (Phi) is 9.27. The molecule has 3 heterocycles. The predicted molar refractivity (Wildman–Crippen MR) is 186 cm³/mol. The van der Waals surface area contributed by atoms with E-state index in [1.807, 2.05) is 60.7 Å². The topological polar surface area (TPSA) is 156 Å². The standard InChI is InChI=1S/C35H41N5O7S2/c1-46-24-12-9-11-23(18-24)36-28-14-6-4-2-3-5-10-22-20-35(22,33(43)39-49(44,45)26-16-17-26)38-31(41)29-19-25(21-40(29)32(28)42)47-34-37-27-13-7-8-15-30(27)48-34/h5,7-13,15,18,22,25-26,28-29,36H,2-4,6,14,16-17,19-21H2,1H3,(H,38,41)(H,39,43)/t22-,25-,28+,29+,35-/m1/s1. The van der Waals surface area contributed by atoms with E-state index in [9.17, 15) is 22.8 Å². The normalized spacial score (nSPS) is 27.7. The van der Waals surface area contributed by atoms with Crippen LogP contribution < -0.4 is 24.8 Å². The highest BCUT2D eigenvalue weighted by Gasteiger charge is 2.62. The van der Waals surface area contributed by atoms with Crippen LogP contribution in [0.3, 0.4) is 0 Å². The second kappa shape index (κ2) is 13.6. The van der Waals surface area contributed by atoms with Crippen molar-refractivity contribution in [3.63, 3.8) is 0 Å². The summed E-state index contributed by atoms with van der Waals surface area (Å²) in [6, 6.07) is 13.5. The molecule has 1 aromatic heterocycles. The van der Waals surface area contributed by atoms with Gasteiger partial charge >= 0.3 is 0 Å². The van der Waals surface area contributed by atoms with Gasteiger partial charge in [0.15, 0.2) is 0 Å². The number of thiazole rings is 1. The molecule has 12 nitrogen and oxygen atoms in total. The van der Waals surface area contributed by atoms with Crippen LogP contribution in [0, 0.1) is 5.92 Å². The lowest BCUT2D eigenvalue weighted by Gasteiger charge is -2.30. The monoisotopic (exact) mass is 707 g/mol. The van der Waals surface area contributed by atoms with Gasteiger partial charge in [-0.25, -0.2) is 13.4 Å². The Morgan fingerprint density at radius 1 is 1.08 bits per heavy atom. The van der Waals surface area contributed by atoms with E-state index >= 15 is 0 Å². The zero-order valence-corrected chi connectivity index (χ0v) is 28.9. The third-order valence-electron chi connectivity index (χ3n) is 9.80. The Balaban J connectivity index is 1.18. The highest BCUT2D eigenvalue weighted by atomic mass is 32.2. The molecule has 3 N–H and O–H groups in total. The summed E-state index contributed by atoms with van der Waals surface area (Å²) in [6.45, 7) is 0.141. The fourth-order valence-corrected chi connectivity index (χ4v) is 9.05. The predicted octanol–water partition coefficient (Wildman–Crippen LogP) is 4.14. The van der Waals surface area contributed by atoms with Crippen LogP contribution in [0.1, 0.15) is 57.8 Å². The summed E-state index contributed by atoms with van der Waals surface area (Å²) in [5.74, 6) is -1.22. The number of nitrogens with zero attached hydrogens (tertiary/aromatic N) is 2. The number of carbonyl (C=O) groups is 3. The van der Waals surface area contributed by atoms with Gasteiger partial charge in [-0.2, -0.15) is 0 Å². The first-order valence-corrected chi connectivity index (χ1v) is 19.3. The zero-order valence-electron chi connectivity index (χ0n) is 27.3. The molecule has 3 fully saturated rings. The Morgan fingerprint density at radius 3 is 2.71 bits per heavy atom. The summed E-state index contributed by atoms with van der Waals surface area (Å²) in [5.41, 5.74) is 0.0947. The highest BCUT2D eigenvalue weighted by Crippen LogP contribution is 2.46. The lowest BCUT2D eigenvalue weighted by Crippen LogP contribution is -2.57. The lowest BCUT2D eigenvalue weighted by molar-refractivity contribution is -0.140. The van der Waals surface area contributed by atoms with Gasteiger partial charge in [-0.05, 0) is 62.8 Å². The van der Waals surface area contributed by atoms with Crippen LogP contribution in [0.15, 0.2) is 60.7 Å². The van der Waals surface area contributed by atoms with Gasteiger partial charge in [-0.15, -0.1) is 0 Å². The van der Waals surface area contributed by atoms with Crippen molar-refractivity contribution in [3.05, 3.63) is 60.7 Å². The van der Waals surface area contributed by atoms with E-state index in [4.69, 9.17) is 9.47 Å². The van der Waals surface area contributed by atoms with E-state index in [1.54, 1.807) is 12.0 Å². The Morgan fingerprint density at radius 2 is 1.92 bits per heavy atom. The van der Waals surface area contributed by atoms with E-state index in [0.717, 1.165) is 35.9 Å². The molecule has 0 unspecified atom stereocenters. The summed E-state index contributed by atoms with van der Waals surface area (Å²) in [5, 5.41) is 6.18. The SMILES string of the molecule is COc1cccc(N[C@H]2CCCCCC=C[C@@H]3C[C@@]3(C(=O)NS(=O)(=O)C3CC3)NC(=O)[C@@H]3C[C@@H](Oc4nc5ccccc5s4)CN3C2=O)c1. The van der Waals surface area contributed by atoms with E-state index in [0.29, 0.717) is 35.9 Å². The second-order valence-corrected chi connectivity index (χ2v) is 16.3. The van der Waals surface area contributed by atoms with Crippen LogP contribution in [-0.4, -0.2) is 78.7 Å². The minimum Gasteiger partial charge on any atom is -0.497 e. The molecule has 0 radical (unpaired) electrons. The number of allylic oxidation sites excluding steroid dienone is 1. The molecule has 7 rings (SSSR count). The molecule has 3 aromatic rings. The molecule has 49 heavy (non-hydrogen) atoms. The molecule has 0 bridgehead atoms. The molecule has 14 heteroatoms. The molecule has 260 valence electrons. The number of carbonyl (C=O) groups excluding carboxylic acids is 3. The van der Waals surface area contributed by atoms with E-state index in [1.165, 1.54) is 11.3 Å². The summed E-state index contributed by atoms with van der Waals surface area (Å²) in [4.78, 5) is 48.5. The van der Waals surface area contributed by atoms with Crippen LogP contribution in [0.4, 0.5) is 5.69 Å². The number of fused-ring (bicyclic) bond motifs is 3. The van der Waals surface area contributed by atoms with Crippen molar-refractivity contribution in [1.29, 1.82) is 0 Å². The second-order valence-electron chi connectivity index (χ2n) is 13.4. The van der Waals surface area contributed by atoms with Crippen LogP contribution in [0.25, 0.3) is 10.2 Å². The molecule has 2 aromatic carbocycles. The minimum absolute atomic E-state index is 0.141. The van der Waals surface area contributed by atoms with Crippen LogP contribution in [0.5, 0.6) is 10.9 Å². The highest BCUT2D eigenvalue weighted by molar-refractivity contribution is 7.91. The summed E-state index contributed by atoms with van der Waals surface area (Å²) in [7, 11) is -2.25. The quantitative estimate of drug-likeness (QED) is 0.293. The number of anilines is 1. The molecule has 1 saturated heterocycles. The third kappa shape index (κ3) is 7.25. The van der Waals surface area contributed by atoms with Gasteiger partial charge in [0.25, 0.3) is 11.1 Å². The summed E-state index contributed by atoms with van der Waals surface area (Å²) in [6.07, 6.45) is 8.70. The lowest BCUT2D eigenvalue weighted by atomic mass is 10.0. The van der Waals surface area contributed by atoms with Gasteiger partial charge in [0.05, 0.1) is 29.1 Å². The Labute approximate surface area is 289 Å². The zero-order chi connectivity index (χ0) is 34.2. The first-order valence-electron chi connectivity index (χ1n) is 16.9. The smallest absolute Gasteiger partial charge is 0.274 e. The fourth-order valence-electron chi connectivity index (χ4n) is 6.81. The van der Waals surface area contributed by atoms with Crippen molar-refractivity contribution in [2.45, 2.75) is 86.8 Å². The van der Waals surface area contributed by atoms with Gasteiger partial charge in [-0.1, -0.05) is 54.5 Å². The van der Waals surface area contributed by atoms with Gasteiger partial charge in [0, 0.05) is 24.1 Å². The maximum absolute atomic E-state index is 14.5. The van der Waals surface area contributed by atoms with Crippen LogP contribution in [0.2, 0.25) is 0 Å². The molecule has 2 aliphatic heterocycles.